The van der Waals surface area contributed by atoms with Crippen LogP contribution in [0, 0.1) is 6.92 Å². The molecular formula is C16H17N5. The van der Waals surface area contributed by atoms with Gasteiger partial charge in [-0.15, -0.1) is 5.10 Å². The lowest BCUT2D eigenvalue weighted by atomic mass is 10.2. The monoisotopic (exact) mass is 279 g/mol. The molecule has 0 spiro atoms. The van der Waals surface area contributed by atoms with Crippen LogP contribution in [0.1, 0.15) is 16.7 Å². The van der Waals surface area contributed by atoms with E-state index in [0.717, 1.165) is 11.1 Å². The first kappa shape index (κ1) is 14.5. The maximum absolute atomic E-state index is 5.64. The molecule has 0 unspecified atom stereocenters. The Kier molecular flexibility index (Phi) is 5.23. The van der Waals surface area contributed by atoms with Gasteiger partial charge in [-0.25, -0.2) is 5.43 Å². The molecule has 3 N–H and O–H groups in total. The third-order valence-corrected chi connectivity index (χ3v) is 2.61. The lowest BCUT2D eigenvalue weighted by Gasteiger charge is -1.97. The third kappa shape index (κ3) is 5.28. The van der Waals surface area contributed by atoms with Gasteiger partial charge in [0, 0.05) is 0 Å². The van der Waals surface area contributed by atoms with Crippen molar-refractivity contribution in [2.24, 2.45) is 21.0 Å². The SMILES string of the molecule is Cc1cccc(/C=N/NC(N)=N/N=C/c2ccccc2)c1. The molecule has 0 heterocycles. The highest BCUT2D eigenvalue weighted by Gasteiger charge is 1.89. The second-order valence-electron chi connectivity index (χ2n) is 4.42. The van der Waals surface area contributed by atoms with Crippen LogP contribution in [-0.2, 0) is 0 Å². The maximum Gasteiger partial charge on any atom is 0.234 e. The molecule has 0 aliphatic carbocycles. The van der Waals surface area contributed by atoms with Crippen molar-refractivity contribution in [2.45, 2.75) is 6.92 Å². The fourth-order valence-corrected chi connectivity index (χ4v) is 1.64. The largest absolute Gasteiger partial charge is 0.367 e. The van der Waals surface area contributed by atoms with Gasteiger partial charge < -0.3 is 5.73 Å². The molecule has 2 rings (SSSR count). The van der Waals surface area contributed by atoms with Crippen LogP contribution in [0.2, 0.25) is 0 Å². The number of hydrazone groups is 1. The zero-order valence-electron chi connectivity index (χ0n) is 11.8. The standard InChI is InChI=1S/C16H17N5/c1-13-6-5-9-15(10-13)12-19-21-16(17)20-18-11-14-7-3-2-4-8-14/h2-12H,1H3,(H3,17,20,21)/b18-11+,19-12+. The van der Waals surface area contributed by atoms with E-state index in [1.165, 1.54) is 5.56 Å². The van der Waals surface area contributed by atoms with E-state index in [1.807, 2.05) is 61.5 Å². The molecule has 0 aliphatic rings. The van der Waals surface area contributed by atoms with E-state index in [-0.39, 0.29) is 5.96 Å². The smallest absolute Gasteiger partial charge is 0.234 e. The summed E-state index contributed by atoms with van der Waals surface area (Å²) in [5.74, 6) is 0.131. The topological polar surface area (TPSA) is 75.1 Å². The summed E-state index contributed by atoms with van der Waals surface area (Å²) in [6, 6.07) is 17.6. The van der Waals surface area contributed by atoms with Gasteiger partial charge >= 0.3 is 0 Å². The number of aryl methyl sites for hydroxylation is 1. The zero-order chi connectivity index (χ0) is 14.9. The van der Waals surface area contributed by atoms with E-state index < -0.39 is 0 Å². The van der Waals surface area contributed by atoms with Gasteiger partial charge in [0.05, 0.1) is 12.4 Å². The maximum atomic E-state index is 5.64. The summed E-state index contributed by atoms with van der Waals surface area (Å²) in [6.07, 6.45) is 3.30. The summed E-state index contributed by atoms with van der Waals surface area (Å²) < 4.78 is 0. The molecule has 0 amide bonds. The van der Waals surface area contributed by atoms with E-state index >= 15 is 0 Å². The molecule has 2 aromatic rings. The number of nitrogens with zero attached hydrogens (tertiary/aromatic N) is 3. The summed E-state index contributed by atoms with van der Waals surface area (Å²) in [6.45, 7) is 2.03. The minimum absolute atomic E-state index is 0.131. The van der Waals surface area contributed by atoms with Crippen LogP contribution in [0.15, 0.2) is 69.9 Å². The van der Waals surface area contributed by atoms with Crippen molar-refractivity contribution in [3.05, 3.63) is 71.3 Å². The third-order valence-electron chi connectivity index (χ3n) is 2.61. The molecule has 21 heavy (non-hydrogen) atoms. The average Bonchev–Trinajstić information content (AvgIpc) is 2.48. The quantitative estimate of drug-likeness (QED) is 0.512. The number of rotatable bonds is 4. The number of hydrogen-bond acceptors (Lipinski definition) is 3. The van der Waals surface area contributed by atoms with Crippen molar-refractivity contribution in [2.75, 3.05) is 0 Å². The van der Waals surface area contributed by atoms with E-state index in [0.29, 0.717) is 0 Å². The van der Waals surface area contributed by atoms with Crippen LogP contribution >= 0.6 is 0 Å². The summed E-state index contributed by atoms with van der Waals surface area (Å²) >= 11 is 0. The first-order valence-corrected chi connectivity index (χ1v) is 6.51. The number of guanidine groups is 1. The summed E-state index contributed by atoms with van der Waals surface area (Å²) in [5, 5.41) is 11.7. The van der Waals surface area contributed by atoms with Gasteiger partial charge in [-0.2, -0.15) is 10.2 Å². The van der Waals surface area contributed by atoms with Crippen LogP contribution in [0.3, 0.4) is 0 Å². The Balaban J connectivity index is 1.88. The van der Waals surface area contributed by atoms with Gasteiger partial charge in [0.1, 0.15) is 0 Å². The van der Waals surface area contributed by atoms with Gasteiger partial charge in [-0.3, -0.25) is 0 Å². The molecular weight excluding hydrogens is 262 g/mol. The molecule has 106 valence electrons. The second-order valence-corrected chi connectivity index (χ2v) is 4.42. The highest BCUT2D eigenvalue weighted by atomic mass is 15.4. The number of nitrogens with one attached hydrogen (secondary N) is 1. The Morgan fingerprint density at radius 1 is 1.00 bits per heavy atom. The van der Waals surface area contributed by atoms with Gasteiger partial charge in [0.2, 0.25) is 5.96 Å². The van der Waals surface area contributed by atoms with Crippen molar-refractivity contribution >= 4 is 18.4 Å². The van der Waals surface area contributed by atoms with E-state index in [9.17, 15) is 0 Å². The Morgan fingerprint density at radius 3 is 2.52 bits per heavy atom. The second kappa shape index (κ2) is 7.59. The van der Waals surface area contributed by atoms with Crippen molar-refractivity contribution in [1.29, 1.82) is 0 Å². The fourth-order valence-electron chi connectivity index (χ4n) is 1.64. The van der Waals surface area contributed by atoms with Crippen molar-refractivity contribution in [1.82, 2.24) is 5.43 Å². The van der Waals surface area contributed by atoms with E-state index in [2.05, 4.69) is 20.7 Å². The van der Waals surface area contributed by atoms with Gasteiger partial charge in [0.25, 0.3) is 0 Å². The number of hydrogen-bond donors (Lipinski definition) is 2. The molecule has 0 aliphatic heterocycles. The molecule has 0 aromatic heterocycles. The predicted octanol–water partition coefficient (Wildman–Crippen LogP) is 2.27. The van der Waals surface area contributed by atoms with Crippen LogP contribution in [0.25, 0.3) is 0 Å². The van der Waals surface area contributed by atoms with Gasteiger partial charge in [-0.1, -0.05) is 60.2 Å². The molecule has 0 saturated carbocycles. The van der Waals surface area contributed by atoms with Gasteiger partial charge in [0.15, 0.2) is 0 Å². The van der Waals surface area contributed by atoms with Crippen LogP contribution in [-0.4, -0.2) is 18.4 Å². The lowest BCUT2D eigenvalue weighted by molar-refractivity contribution is 0.994. The molecule has 0 fully saturated rings. The Labute approximate surface area is 123 Å². The normalized spacial score (nSPS) is 12.1. The Hall–Kier alpha value is -2.95. The average molecular weight is 279 g/mol. The lowest BCUT2D eigenvalue weighted by Crippen LogP contribution is -2.26. The van der Waals surface area contributed by atoms with Crippen LogP contribution in [0.5, 0.6) is 0 Å². The Bertz CT molecular complexity index is 659. The minimum atomic E-state index is 0.131. The first-order valence-electron chi connectivity index (χ1n) is 6.51. The summed E-state index contributed by atoms with van der Waals surface area (Å²) in [5.41, 5.74) is 11.4. The van der Waals surface area contributed by atoms with Crippen molar-refractivity contribution < 1.29 is 0 Å². The molecule has 0 atom stereocenters. The minimum Gasteiger partial charge on any atom is -0.367 e. The molecule has 2 aromatic carbocycles. The van der Waals surface area contributed by atoms with Crippen LogP contribution < -0.4 is 11.2 Å². The Morgan fingerprint density at radius 2 is 1.76 bits per heavy atom. The molecule has 0 radical (unpaired) electrons. The highest BCUT2D eigenvalue weighted by molar-refractivity contribution is 5.84. The molecule has 0 bridgehead atoms. The van der Waals surface area contributed by atoms with E-state index in [4.69, 9.17) is 5.73 Å². The first-order chi connectivity index (χ1) is 10.2. The van der Waals surface area contributed by atoms with Crippen LogP contribution in [0.4, 0.5) is 0 Å². The van der Waals surface area contributed by atoms with Gasteiger partial charge in [-0.05, 0) is 18.1 Å². The molecule has 0 saturated heterocycles. The number of benzene rings is 2. The summed E-state index contributed by atoms with van der Waals surface area (Å²) in [7, 11) is 0. The molecule has 5 nitrogen and oxygen atoms in total. The highest BCUT2D eigenvalue weighted by Crippen LogP contribution is 2.00. The zero-order valence-corrected chi connectivity index (χ0v) is 11.8. The summed E-state index contributed by atoms with van der Waals surface area (Å²) in [4.78, 5) is 0. The predicted molar refractivity (Wildman–Crippen MR) is 87.6 cm³/mol. The number of nitrogens with two attached hydrogens (primary N) is 1. The van der Waals surface area contributed by atoms with Crippen molar-refractivity contribution in [3.8, 4) is 0 Å². The fraction of sp³-hybridized carbons (Fsp3) is 0.0625. The van der Waals surface area contributed by atoms with Crippen molar-refractivity contribution in [3.63, 3.8) is 0 Å². The molecule has 5 heteroatoms. The van der Waals surface area contributed by atoms with E-state index in [1.54, 1.807) is 12.4 Å².